The smallest absolute Gasteiger partial charge is 0.270 e. The Labute approximate surface area is 168 Å². The number of nitro benzene ring substituents is 1. The average Bonchev–Trinajstić information content (AvgIpc) is 2.76. The molecule has 2 aromatic carbocycles. The molecule has 0 aliphatic carbocycles. The summed E-state index contributed by atoms with van der Waals surface area (Å²) in [6.45, 7) is 5.99. The number of benzene rings is 2. The van der Waals surface area contributed by atoms with E-state index in [1.807, 2.05) is 6.92 Å². The first-order valence-corrected chi connectivity index (χ1v) is 10.4. The maximum Gasteiger partial charge on any atom is 0.270 e. The molecule has 1 aliphatic rings. The monoisotopic (exact) mass is 419 g/mol. The summed E-state index contributed by atoms with van der Waals surface area (Å²) in [5.74, 6) is 0.349. The number of rotatable bonds is 5. The van der Waals surface area contributed by atoms with E-state index >= 15 is 0 Å². The summed E-state index contributed by atoms with van der Waals surface area (Å²) in [5, 5.41) is 10.9. The van der Waals surface area contributed by atoms with E-state index in [2.05, 4.69) is 4.72 Å². The van der Waals surface area contributed by atoms with Crippen molar-refractivity contribution >= 4 is 33.0 Å². The van der Waals surface area contributed by atoms with Crippen LogP contribution < -0.4 is 14.4 Å². The van der Waals surface area contributed by atoms with E-state index in [0.717, 1.165) is 6.07 Å². The molecule has 3 rings (SSSR count). The van der Waals surface area contributed by atoms with Gasteiger partial charge in [-0.15, -0.1) is 0 Å². The molecule has 9 nitrogen and oxygen atoms in total. The SMILES string of the molecule is CCN1C(=O)C(C)(C)COc2ccc(NS(=O)(=O)c3cccc([N+](=O)[O-])c3)cc21. The molecule has 2 aromatic rings. The number of nitrogens with zero attached hydrogens (tertiary/aromatic N) is 2. The second kappa shape index (κ2) is 7.36. The molecule has 0 saturated heterocycles. The van der Waals surface area contributed by atoms with Crippen molar-refractivity contribution in [1.82, 2.24) is 0 Å². The highest BCUT2D eigenvalue weighted by Gasteiger charge is 2.37. The maximum atomic E-state index is 12.8. The highest BCUT2D eigenvalue weighted by atomic mass is 32.2. The van der Waals surface area contributed by atoms with Crippen LogP contribution in [0, 0.1) is 15.5 Å². The second-order valence-corrected chi connectivity index (χ2v) is 8.95. The van der Waals surface area contributed by atoms with Gasteiger partial charge in [0.05, 0.1) is 26.6 Å². The standard InChI is InChI=1S/C19H21N3O6S/c1-4-21-16-10-13(8-9-17(16)28-12-19(2,3)18(21)23)20-29(26,27)15-7-5-6-14(11-15)22(24)25/h5-11,20H,4,12H2,1-3H3. The van der Waals surface area contributed by atoms with E-state index < -0.39 is 20.4 Å². The summed E-state index contributed by atoms with van der Waals surface area (Å²) in [5.41, 5.74) is -0.377. The summed E-state index contributed by atoms with van der Waals surface area (Å²) >= 11 is 0. The molecule has 0 radical (unpaired) electrons. The van der Waals surface area contributed by atoms with Gasteiger partial charge >= 0.3 is 0 Å². The molecule has 154 valence electrons. The molecule has 1 heterocycles. The maximum absolute atomic E-state index is 12.8. The minimum Gasteiger partial charge on any atom is -0.490 e. The summed E-state index contributed by atoms with van der Waals surface area (Å²) < 4.78 is 33.5. The van der Waals surface area contributed by atoms with E-state index in [9.17, 15) is 23.3 Å². The van der Waals surface area contributed by atoms with Crippen LogP contribution in [-0.4, -0.2) is 32.4 Å². The van der Waals surface area contributed by atoms with E-state index in [4.69, 9.17) is 4.74 Å². The molecule has 0 saturated carbocycles. The number of carbonyl (C=O) groups excluding carboxylic acids is 1. The lowest BCUT2D eigenvalue weighted by Gasteiger charge is -2.27. The largest absolute Gasteiger partial charge is 0.490 e. The number of hydrogen-bond acceptors (Lipinski definition) is 6. The fraction of sp³-hybridized carbons (Fsp3) is 0.316. The van der Waals surface area contributed by atoms with Crippen LogP contribution in [0.4, 0.5) is 17.1 Å². The van der Waals surface area contributed by atoms with Gasteiger partial charge in [0.25, 0.3) is 15.7 Å². The lowest BCUT2D eigenvalue weighted by Crippen LogP contribution is -2.42. The molecule has 0 spiro atoms. The van der Waals surface area contributed by atoms with E-state index in [1.165, 1.54) is 30.3 Å². The van der Waals surface area contributed by atoms with E-state index in [0.29, 0.717) is 18.0 Å². The van der Waals surface area contributed by atoms with Gasteiger partial charge < -0.3 is 9.64 Å². The van der Waals surface area contributed by atoms with Crippen molar-refractivity contribution in [3.63, 3.8) is 0 Å². The molecular weight excluding hydrogens is 398 g/mol. The van der Waals surface area contributed by atoms with Gasteiger partial charge in [0.1, 0.15) is 12.4 Å². The first kappa shape index (κ1) is 20.6. The number of ether oxygens (including phenoxy) is 1. The molecule has 29 heavy (non-hydrogen) atoms. The van der Waals surface area contributed by atoms with Crippen molar-refractivity contribution in [1.29, 1.82) is 0 Å². The highest BCUT2D eigenvalue weighted by Crippen LogP contribution is 2.38. The van der Waals surface area contributed by atoms with Gasteiger partial charge in [0, 0.05) is 18.7 Å². The van der Waals surface area contributed by atoms with Gasteiger partial charge in [0.2, 0.25) is 5.91 Å². The summed E-state index contributed by atoms with van der Waals surface area (Å²) in [7, 11) is -4.06. The summed E-state index contributed by atoms with van der Waals surface area (Å²) in [6, 6.07) is 9.41. The van der Waals surface area contributed by atoms with Crippen LogP contribution in [0.1, 0.15) is 20.8 Å². The fourth-order valence-electron chi connectivity index (χ4n) is 3.00. The van der Waals surface area contributed by atoms with Crippen LogP contribution in [0.3, 0.4) is 0 Å². The Kier molecular flexibility index (Phi) is 5.22. The van der Waals surface area contributed by atoms with Gasteiger partial charge in [-0.2, -0.15) is 0 Å². The van der Waals surface area contributed by atoms with E-state index in [1.54, 1.807) is 24.8 Å². The Hall–Kier alpha value is -3.14. The van der Waals surface area contributed by atoms with Crippen molar-refractivity contribution in [3.8, 4) is 5.75 Å². The summed E-state index contributed by atoms with van der Waals surface area (Å²) in [6.07, 6.45) is 0. The summed E-state index contributed by atoms with van der Waals surface area (Å²) in [4.78, 5) is 24.4. The molecule has 0 aromatic heterocycles. The molecule has 1 amide bonds. The number of amides is 1. The second-order valence-electron chi connectivity index (χ2n) is 7.26. The molecule has 10 heteroatoms. The van der Waals surface area contributed by atoms with Crippen LogP contribution in [0.15, 0.2) is 47.4 Å². The number of hydrogen-bond donors (Lipinski definition) is 1. The molecule has 0 bridgehead atoms. The molecular formula is C19H21N3O6S. The number of fused-ring (bicyclic) bond motifs is 1. The fourth-order valence-corrected chi connectivity index (χ4v) is 4.09. The predicted molar refractivity (Wildman–Crippen MR) is 108 cm³/mol. The quantitative estimate of drug-likeness (QED) is 0.587. The zero-order valence-electron chi connectivity index (χ0n) is 16.2. The highest BCUT2D eigenvalue weighted by molar-refractivity contribution is 7.92. The van der Waals surface area contributed by atoms with Gasteiger partial charge in [0.15, 0.2) is 0 Å². The zero-order chi connectivity index (χ0) is 21.4. The third kappa shape index (κ3) is 4.02. The van der Waals surface area contributed by atoms with Crippen LogP contribution in [0.5, 0.6) is 5.75 Å². The number of nitro groups is 1. The molecule has 0 unspecified atom stereocenters. The number of carbonyl (C=O) groups is 1. The Balaban J connectivity index is 1.97. The van der Waals surface area contributed by atoms with Crippen LogP contribution in [-0.2, 0) is 14.8 Å². The van der Waals surface area contributed by atoms with Gasteiger partial charge in [-0.3, -0.25) is 19.6 Å². The van der Waals surface area contributed by atoms with Crippen LogP contribution >= 0.6 is 0 Å². The number of nitrogens with one attached hydrogen (secondary N) is 1. The number of sulfonamides is 1. The molecule has 1 N–H and O–H groups in total. The third-order valence-electron chi connectivity index (χ3n) is 4.57. The Morgan fingerprint density at radius 3 is 2.62 bits per heavy atom. The minimum absolute atomic E-state index is 0.127. The lowest BCUT2D eigenvalue weighted by molar-refractivity contribution is -0.385. The topological polar surface area (TPSA) is 119 Å². The number of anilines is 2. The van der Waals surface area contributed by atoms with E-state index in [-0.39, 0.29) is 28.8 Å². The zero-order valence-corrected chi connectivity index (χ0v) is 17.0. The predicted octanol–water partition coefficient (Wildman–Crippen LogP) is 3.17. The normalized spacial score (nSPS) is 15.8. The first-order valence-electron chi connectivity index (χ1n) is 8.91. The minimum atomic E-state index is -4.06. The van der Waals surface area contributed by atoms with Gasteiger partial charge in [-0.1, -0.05) is 6.07 Å². The van der Waals surface area contributed by atoms with Crippen LogP contribution in [0.2, 0.25) is 0 Å². The Morgan fingerprint density at radius 2 is 1.97 bits per heavy atom. The van der Waals surface area contributed by atoms with Crippen molar-refractivity contribution in [2.75, 3.05) is 22.8 Å². The van der Waals surface area contributed by atoms with Crippen molar-refractivity contribution < 1.29 is 22.9 Å². The number of non-ortho nitro benzene ring substituents is 1. The third-order valence-corrected chi connectivity index (χ3v) is 5.95. The van der Waals surface area contributed by atoms with Crippen molar-refractivity contribution in [2.45, 2.75) is 25.7 Å². The molecule has 1 aliphatic heterocycles. The molecule has 0 fully saturated rings. The first-order chi connectivity index (χ1) is 13.5. The van der Waals surface area contributed by atoms with Crippen LogP contribution in [0.25, 0.3) is 0 Å². The van der Waals surface area contributed by atoms with Crippen molar-refractivity contribution in [2.24, 2.45) is 5.41 Å². The molecule has 0 atom stereocenters. The van der Waals surface area contributed by atoms with Gasteiger partial charge in [-0.25, -0.2) is 8.42 Å². The average molecular weight is 419 g/mol. The Bertz CT molecular complexity index is 1080. The van der Waals surface area contributed by atoms with Gasteiger partial charge in [-0.05, 0) is 45.0 Å². The van der Waals surface area contributed by atoms with Crippen molar-refractivity contribution in [3.05, 3.63) is 52.6 Å². The lowest BCUT2D eigenvalue weighted by atomic mass is 9.93. The Morgan fingerprint density at radius 1 is 1.24 bits per heavy atom.